The molecule has 2 aliphatic rings. The van der Waals surface area contributed by atoms with E-state index >= 15 is 0 Å². The zero-order valence-corrected chi connectivity index (χ0v) is 16.8. The van der Waals surface area contributed by atoms with Gasteiger partial charge in [0.2, 0.25) is 0 Å². The van der Waals surface area contributed by atoms with Crippen molar-refractivity contribution in [3.63, 3.8) is 0 Å². The molecule has 28 heavy (non-hydrogen) atoms. The van der Waals surface area contributed by atoms with Crippen LogP contribution >= 0.6 is 11.3 Å². The van der Waals surface area contributed by atoms with Crippen LogP contribution in [-0.4, -0.2) is 61.2 Å². The number of aliphatic hydroxyl groups excluding tert-OH is 1. The largest absolute Gasteiger partial charge is 0.389 e. The minimum atomic E-state index is -0.817. The highest BCUT2D eigenvalue weighted by Crippen LogP contribution is 2.34. The van der Waals surface area contributed by atoms with Gasteiger partial charge in [-0.3, -0.25) is 9.69 Å². The summed E-state index contributed by atoms with van der Waals surface area (Å²) in [4.78, 5) is 15.8. The Morgan fingerprint density at radius 3 is 2.68 bits per heavy atom. The van der Waals surface area contributed by atoms with Crippen molar-refractivity contribution in [1.29, 1.82) is 0 Å². The average Bonchev–Trinajstić information content (AvgIpc) is 3.36. The molecule has 6 nitrogen and oxygen atoms in total. The van der Waals surface area contributed by atoms with Crippen molar-refractivity contribution < 1.29 is 19.4 Å². The Bertz CT molecular complexity index is 806. The van der Waals surface area contributed by atoms with Crippen molar-refractivity contribution in [1.82, 2.24) is 10.2 Å². The van der Waals surface area contributed by atoms with Crippen LogP contribution in [0.2, 0.25) is 0 Å². The Kier molecular flexibility index (Phi) is 5.80. The zero-order chi connectivity index (χ0) is 19.6. The van der Waals surface area contributed by atoms with E-state index in [1.807, 2.05) is 48.7 Å². The van der Waals surface area contributed by atoms with E-state index in [2.05, 4.69) is 10.2 Å². The summed E-state index contributed by atoms with van der Waals surface area (Å²) in [5.74, 6) is -0.133. The van der Waals surface area contributed by atoms with E-state index in [0.29, 0.717) is 37.6 Å². The predicted molar refractivity (Wildman–Crippen MR) is 107 cm³/mol. The van der Waals surface area contributed by atoms with Crippen molar-refractivity contribution in [3.05, 3.63) is 57.8 Å². The maximum atomic E-state index is 13.0. The van der Waals surface area contributed by atoms with E-state index in [1.54, 1.807) is 0 Å². The molecule has 2 aromatic rings. The first kappa shape index (κ1) is 19.5. The monoisotopic (exact) mass is 402 g/mol. The van der Waals surface area contributed by atoms with Crippen LogP contribution in [0.4, 0.5) is 0 Å². The molecule has 0 spiro atoms. The third-order valence-electron chi connectivity index (χ3n) is 5.61. The molecule has 2 atom stereocenters. The van der Waals surface area contributed by atoms with Gasteiger partial charge in [0.25, 0.3) is 5.91 Å². The lowest BCUT2D eigenvalue weighted by molar-refractivity contribution is -0.0853. The molecular formula is C21H26N2O4S. The van der Waals surface area contributed by atoms with Crippen LogP contribution in [0.1, 0.15) is 27.2 Å². The lowest BCUT2D eigenvalue weighted by Gasteiger charge is -2.46. The van der Waals surface area contributed by atoms with Crippen molar-refractivity contribution in [3.8, 4) is 0 Å². The number of nitrogens with one attached hydrogen (secondary N) is 1. The van der Waals surface area contributed by atoms with Crippen LogP contribution in [0.3, 0.4) is 0 Å². The summed E-state index contributed by atoms with van der Waals surface area (Å²) in [6.07, 6.45) is -0.366. The summed E-state index contributed by atoms with van der Waals surface area (Å²) in [6.45, 7) is 4.97. The average molecular weight is 403 g/mol. The molecule has 3 heterocycles. The molecule has 0 bridgehead atoms. The molecule has 150 valence electrons. The molecule has 2 saturated heterocycles. The number of β-amino-alcohol motifs (C(OH)–C–C–N with tert-alkyl or cyclic N) is 1. The first-order valence-electron chi connectivity index (χ1n) is 9.64. The first-order valence-corrected chi connectivity index (χ1v) is 10.5. The van der Waals surface area contributed by atoms with Crippen LogP contribution in [0.15, 0.2) is 41.8 Å². The fourth-order valence-corrected chi connectivity index (χ4v) is 4.86. The second-order valence-electron chi connectivity index (χ2n) is 7.42. The number of hydrogen-bond donors (Lipinski definition) is 2. The molecule has 0 radical (unpaired) electrons. The smallest absolute Gasteiger partial charge is 0.262 e. The number of amides is 1. The highest BCUT2D eigenvalue weighted by Gasteiger charge is 2.45. The molecule has 1 aromatic carbocycles. The van der Waals surface area contributed by atoms with Crippen LogP contribution in [0, 0.1) is 6.92 Å². The SMILES string of the molecule is Cc1ccsc1C(=O)N[C@]1(c2ccccc2)CCN(CC2OCCO2)C[C@H]1O. The first-order chi connectivity index (χ1) is 13.6. The molecule has 7 heteroatoms. The molecular weight excluding hydrogens is 376 g/mol. The number of aliphatic hydroxyl groups is 1. The number of thiophene rings is 1. The van der Waals surface area contributed by atoms with Gasteiger partial charge in [-0.2, -0.15) is 0 Å². The fraction of sp³-hybridized carbons (Fsp3) is 0.476. The van der Waals surface area contributed by atoms with Gasteiger partial charge in [0.15, 0.2) is 6.29 Å². The van der Waals surface area contributed by atoms with Gasteiger partial charge in [-0.25, -0.2) is 0 Å². The van der Waals surface area contributed by atoms with Crippen LogP contribution in [0.5, 0.6) is 0 Å². The minimum absolute atomic E-state index is 0.133. The lowest BCUT2D eigenvalue weighted by atomic mass is 9.78. The fourth-order valence-electron chi connectivity index (χ4n) is 4.04. The number of benzene rings is 1. The van der Waals surface area contributed by atoms with Crippen molar-refractivity contribution in [2.24, 2.45) is 0 Å². The Labute approximate surface area is 169 Å². The number of likely N-dealkylation sites (tertiary alicyclic amines) is 1. The van der Waals surface area contributed by atoms with E-state index < -0.39 is 11.6 Å². The van der Waals surface area contributed by atoms with Gasteiger partial charge in [0.05, 0.1) is 29.7 Å². The Morgan fingerprint density at radius 1 is 1.29 bits per heavy atom. The molecule has 2 aliphatic heterocycles. The molecule has 2 fully saturated rings. The van der Waals surface area contributed by atoms with Crippen LogP contribution < -0.4 is 5.32 Å². The Balaban J connectivity index is 1.56. The summed E-state index contributed by atoms with van der Waals surface area (Å²) in [5.41, 5.74) is 1.06. The summed E-state index contributed by atoms with van der Waals surface area (Å²) < 4.78 is 11.1. The second-order valence-corrected chi connectivity index (χ2v) is 8.34. The number of aryl methyl sites for hydroxylation is 1. The van der Waals surface area contributed by atoms with Crippen molar-refractivity contribution >= 4 is 17.2 Å². The topological polar surface area (TPSA) is 71.0 Å². The third kappa shape index (κ3) is 3.86. The number of piperidine rings is 1. The number of carbonyl (C=O) groups is 1. The number of ether oxygens (including phenoxy) is 2. The highest BCUT2D eigenvalue weighted by molar-refractivity contribution is 7.12. The van der Waals surface area contributed by atoms with Gasteiger partial charge in [-0.05, 0) is 35.9 Å². The maximum Gasteiger partial charge on any atom is 0.262 e. The minimum Gasteiger partial charge on any atom is -0.389 e. The Hall–Kier alpha value is -1.77. The van der Waals surface area contributed by atoms with E-state index in [4.69, 9.17) is 9.47 Å². The summed E-state index contributed by atoms with van der Waals surface area (Å²) in [5, 5.41) is 16.3. The summed E-state index contributed by atoms with van der Waals surface area (Å²) in [7, 11) is 0. The molecule has 1 amide bonds. The standard InChI is InChI=1S/C21H26N2O4S/c1-15-7-12-28-19(15)20(25)22-21(16-5-3-2-4-6-16)8-9-23(13-17(21)24)14-18-26-10-11-27-18/h2-7,12,17-18,24H,8-11,13-14H2,1H3,(H,22,25)/t17-,21+/m1/s1. The van der Waals surface area contributed by atoms with Crippen molar-refractivity contribution in [2.75, 3.05) is 32.8 Å². The Morgan fingerprint density at radius 2 is 2.04 bits per heavy atom. The summed E-state index contributed by atoms with van der Waals surface area (Å²) in [6, 6.07) is 11.7. The van der Waals surface area contributed by atoms with E-state index in [0.717, 1.165) is 17.7 Å². The van der Waals surface area contributed by atoms with E-state index in [-0.39, 0.29) is 12.2 Å². The highest BCUT2D eigenvalue weighted by atomic mass is 32.1. The number of nitrogens with zero attached hydrogens (tertiary/aromatic N) is 1. The van der Waals surface area contributed by atoms with Gasteiger partial charge in [0.1, 0.15) is 0 Å². The quantitative estimate of drug-likeness (QED) is 0.802. The molecule has 0 saturated carbocycles. The second kappa shape index (κ2) is 8.31. The van der Waals surface area contributed by atoms with Gasteiger partial charge in [-0.1, -0.05) is 30.3 Å². The van der Waals surface area contributed by atoms with Crippen molar-refractivity contribution in [2.45, 2.75) is 31.3 Å². The van der Waals surface area contributed by atoms with Crippen LogP contribution in [0.25, 0.3) is 0 Å². The normalized spacial score (nSPS) is 26.4. The third-order valence-corrected chi connectivity index (χ3v) is 6.63. The molecule has 0 aliphatic carbocycles. The number of carbonyl (C=O) groups excluding carboxylic acids is 1. The van der Waals surface area contributed by atoms with Gasteiger partial charge in [0, 0.05) is 19.6 Å². The molecule has 2 N–H and O–H groups in total. The summed E-state index contributed by atoms with van der Waals surface area (Å²) >= 11 is 1.43. The molecule has 4 rings (SSSR count). The maximum absolute atomic E-state index is 13.0. The molecule has 1 aromatic heterocycles. The lowest BCUT2D eigenvalue weighted by Crippen LogP contribution is -2.62. The number of rotatable bonds is 5. The van der Waals surface area contributed by atoms with Gasteiger partial charge in [-0.15, -0.1) is 11.3 Å². The number of hydrogen-bond acceptors (Lipinski definition) is 6. The van der Waals surface area contributed by atoms with E-state index in [1.165, 1.54) is 11.3 Å². The molecule has 0 unspecified atom stereocenters. The van der Waals surface area contributed by atoms with E-state index in [9.17, 15) is 9.90 Å². The van der Waals surface area contributed by atoms with Gasteiger partial charge < -0.3 is 19.9 Å². The predicted octanol–water partition coefficient (Wildman–Crippen LogP) is 2.12. The van der Waals surface area contributed by atoms with Crippen LogP contribution in [-0.2, 0) is 15.0 Å². The van der Waals surface area contributed by atoms with Gasteiger partial charge >= 0.3 is 0 Å². The zero-order valence-electron chi connectivity index (χ0n) is 16.0.